The number of carbonyl (C=O) groups is 3. The first-order valence-corrected chi connectivity index (χ1v) is 12.3. The second-order valence-electron chi connectivity index (χ2n) is 9.33. The second-order valence-corrected chi connectivity index (χ2v) is 9.33. The molecule has 0 N–H and O–H groups in total. The Hall–Kier alpha value is -3.72. The molecule has 188 valence electrons. The van der Waals surface area contributed by atoms with E-state index in [2.05, 4.69) is 4.98 Å². The van der Waals surface area contributed by atoms with Gasteiger partial charge in [-0.05, 0) is 24.1 Å². The number of rotatable bonds is 8. The number of para-hydroxylation sites is 2. The highest BCUT2D eigenvalue weighted by Crippen LogP contribution is 2.40. The lowest BCUT2D eigenvalue weighted by Gasteiger charge is -2.36. The van der Waals surface area contributed by atoms with E-state index in [9.17, 15) is 14.4 Å². The number of methoxy groups -OCH3 is 1. The number of nitrogens with zero attached hydrogens (tertiary/aromatic N) is 4. The number of carbonyl (C=O) groups excluding carboxylic acids is 3. The van der Waals surface area contributed by atoms with Gasteiger partial charge in [0.15, 0.2) is 5.58 Å². The first-order chi connectivity index (χ1) is 17.5. The first-order valence-electron chi connectivity index (χ1n) is 12.3. The number of anilines is 1. The number of hydrogen-bond acceptors (Lipinski definition) is 7. The van der Waals surface area contributed by atoms with E-state index in [0.29, 0.717) is 50.8 Å². The molecule has 1 aromatic heterocycles. The van der Waals surface area contributed by atoms with Crippen molar-refractivity contribution in [3.63, 3.8) is 0 Å². The smallest absolute Gasteiger partial charge is 0.298 e. The van der Waals surface area contributed by atoms with Crippen LogP contribution in [0.4, 0.5) is 6.01 Å². The van der Waals surface area contributed by atoms with Gasteiger partial charge in [-0.1, -0.05) is 42.5 Å². The summed E-state index contributed by atoms with van der Waals surface area (Å²) < 4.78 is 11.0. The Kier molecular flexibility index (Phi) is 6.73. The number of benzene rings is 2. The predicted octanol–water partition coefficient (Wildman–Crippen LogP) is 2.60. The van der Waals surface area contributed by atoms with E-state index in [-0.39, 0.29) is 37.1 Å². The summed E-state index contributed by atoms with van der Waals surface area (Å²) in [5.41, 5.74) is 1.06. The molecule has 3 amide bonds. The van der Waals surface area contributed by atoms with E-state index in [1.165, 1.54) is 4.90 Å². The lowest BCUT2D eigenvalue weighted by molar-refractivity contribution is -0.143. The van der Waals surface area contributed by atoms with Gasteiger partial charge in [0.2, 0.25) is 17.7 Å². The lowest BCUT2D eigenvalue weighted by atomic mass is 9.75. The molecule has 0 saturated carbocycles. The topological polar surface area (TPSA) is 96.2 Å². The number of amides is 3. The summed E-state index contributed by atoms with van der Waals surface area (Å²) in [6.45, 7) is 2.88. The minimum atomic E-state index is -1.18. The number of imide groups is 1. The molecule has 3 heterocycles. The van der Waals surface area contributed by atoms with Crippen molar-refractivity contribution in [1.29, 1.82) is 0 Å². The third kappa shape index (κ3) is 4.46. The summed E-state index contributed by atoms with van der Waals surface area (Å²) in [5.74, 6) is -0.669. The van der Waals surface area contributed by atoms with Gasteiger partial charge in [0.1, 0.15) is 5.52 Å². The van der Waals surface area contributed by atoms with Crippen LogP contribution in [0.15, 0.2) is 59.0 Å². The number of hydrogen-bond donors (Lipinski definition) is 0. The quantitative estimate of drug-likeness (QED) is 0.354. The van der Waals surface area contributed by atoms with Gasteiger partial charge in [-0.25, -0.2) is 0 Å². The molecule has 0 unspecified atom stereocenters. The molecule has 2 saturated heterocycles. The van der Waals surface area contributed by atoms with E-state index in [1.807, 2.05) is 59.5 Å². The molecule has 1 atom stereocenters. The van der Waals surface area contributed by atoms with Gasteiger partial charge in [0.05, 0.1) is 5.41 Å². The molecule has 5 rings (SSSR count). The third-order valence-electron chi connectivity index (χ3n) is 7.10. The van der Waals surface area contributed by atoms with Crippen molar-refractivity contribution in [2.45, 2.75) is 24.7 Å². The maximum absolute atomic E-state index is 13.6. The lowest BCUT2D eigenvalue weighted by Crippen LogP contribution is -2.51. The number of oxazole rings is 1. The molecule has 2 fully saturated rings. The van der Waals surface area contributed by atoms with Crippen molar-refractivity contribution in [3.05, 3.63) is 60.2 Å². The van der Waals surface area contributed by atoms with E-state index < -0.39 is 5.41 Å². The molecule has 9 nitrogen and oxygen atoms in total. The van der Waals surface area contributed by atoms with Crippen LogP contribution in [-0.2, 0) is 24.5 Å². The molecule has 0 bridgehead atoms. The maximum atomic E-state index is 13.6. The van der Waals surface area contributed by atoms with Crippen LogP contribution in [-0.4, -0.2) is 78.9 Å². The molecule has 2 aliphatic rings. The first kappa shape index (κ1) is 24.0. The highest BCUT2D eigenvalue weighted by Gasteiger charge is 2.53. The maximum Gasteiger partial charge on any atom is 0.298 e. The fourth-order valence-corrected chi connectivity index (χ4v) is 5.13. The minimum absolute atomic E-state index is 0.00254. The summed E-state index contributed by atoms with van der Waals surface area (Å²) in [4.78, 5) is 49.7. The number of likely N-dealkylation sites (tertiary alicyclic amines) is 1. The van der Waals surface area contributed by atoms with Gasteiger partial charge in [-0.3, -0.25) is 19.3 Å². The van der Waals surface area contributed by atoms with E-state index in [4.69, 9.17) is 9.15 Å². The molecule has 2 aromatic carbocycles. The number of ether oxygens (including phenoxy) is 1. The van der Waals surface area contributed by atoms with Gasteiger partial charge in [-0.2, -0.15) is 4.98 Å². The summed E-state index contributed by atoms with van der Waals surface area (Å²) in [7, 11) is 1.59. The molecule has 0 radical (unpaired) electrons. The Morgan fingerprint density at radius 2 is 1.75 bits per heavy atom. The summed E-state index contributed by atoms with van der Waals surface area (Å²) in [6.07, 6.45) is 0.521. The zero-order valence-electron chi connectivity index (χ0n) is 20.4. The fraction of sp³-hybridized carbons (Fsp3) is 0.407. The van der Waals surface area contributed by atoms with Crippen LogP contribution >= 0.6 is 0 Å². The van der Waals surface area contributed by atoms with Crippen molar-refractivity contribution in [3.8, 4) is 0 Å². The molecular formula is C27H30N4O5. The Labute approximate surface area is 209 Å². The average molecular weight is 491 g/mol. The number of aromatic nitrogens is 1. The van der Waals surface area contributed by atoms with E-state index >= 15 is 0 Å². The average Bonchev–Trinajstić information content (AvgIpc) is 3.44. The normalized spacial score (nSPS) is 20.5. The molecule has 9 heteroatoms. The van der Waals surface area contributed by atoms with Crippen LogP contribution < -0.4 is 4.90 Å². The van der Waals surface area contributed by atoms with Crippen molar-refractivity contribution in [2.24, 2.45) is 0 Å². The fourth-order valence-electron chi connectivity index (χ4n) is 5.13. The summed E-state index contributed by atoms with van der Waals surface area (Å²) in [6, 6.07) is 17.4. The number of piperazine rings is 1. The molecule has 0 spiro atoms. The Bertz CT molecular complexity index is 1220. The zero-order chi connectivity index (χ0) is 25.1. The monoisotopic (exact) mass is 490 g/mol. The van der Waals surface area contributed by atoms with Crippen molar-refractivity contribution >= 4 is 34.8 Å². The van der Waals surface area contributed by atoms with Crippen molar-refractivity contribution < 1.29 is 23.5 Å². The van der Waals surface area contributed by atoms with Gasteiger partial charge < -0.3 is 19.0 Å². The highest BCUT2D eigenvalue weighted by atomic mass is 16.5. The SMILES string of the molecule is COCCCN1C(=O)C[C@@](CC(=O)N2CCN(c3nc4ccccc4o3)CC2)(c2ccccc2)C1=O. The second kappa shape index (κ2) is 10.1. The van der Waals surface area contributed by atoms with Crippen LogP contribution in [0.5, 0.6) is 0 Å². The molecule has 0 aliphatic carbocycles. The molecule has 36 heavy (non-hydrogen) atoms. The van der Waals surface area contributed by atoms with Crippen LogP contribution in [0.2, 0.25) is 0 Å². The Balaban J connectivity index is 1.30. The molecule has 2 aliphatic heterocycles. The van der Waals surface area contributed by atoms with Crippen LogP contribution in [0, 0.1) is 0 Å². The third-order valence-corrected chi connectivity index (χ3v) is 7.10. The van der Waals surface area contributed by atoms with E-state index in [1.54, 1.807) is 12.0 Å². The van der Waals surface area contributed by atoms with E-state index in [0.717, 1.165) is 11.1 Å². The van der Waals surface area contributed by atoms with Gasteiger partial charge in [-0.15, -0.1) is 0 Å². The van der Waals surface area contributed by atoms with Gasteiger partial charge in [0, 0.05) is 59.3 Å². The standard InChI is InChI=1S/C27H30N4O5/c1-35-17-7-12-31-24(33)19-27(25(31)34,20-8-3-2-4-9-20)18-23(32)29-13-15-30(16-14-29)26-28-21-10-5-6-11-22(21)36-26/h2-6,8-11H,7,12-19H2,1H3/t27-/m0/s1. The Morgan fingerprint density at radius 1 is 1.03 bits per heavy atom. The van der Waals surface area contributed by atoms with Crippen molar-refractivity contribution in [2.75, 3.05) is 51.3 Å². The Morgan fingerprint density at radius 3 is 2.47 bits per heavy atom. The summed E-state index contributed by atoms with van der Waals surface area (Å²) >= 11 is 0. The predicted molar refractivity (Wildman–Crippen MR) is 133 cm³/mol. The zero-order valence-corrected chi connectivity index (χ0v) is 20.4. The summed E-state index contributed by atoms with van der Waals surface area (Å²) in [5, 5.41) is 0. The number of fused-ring (bicyclic) bond motifs is 1. The highest BCUT2D eigenvalue weighted by molar-refractivity contribution is 6.10. The van der Waals surface area contributed by atoms with Crippen LogP contribution in [0.3, 0.4) is 0 Å². The van der Waals surface area contributed by atoms with Crippen LogP contribution in [0.1, 0.15) is 24.8 Å². The largest absolute Gasteiger partial charge is 0.423 e. The van der Waals surface area contributed by atoms with Crippen LogP contribution in [0.25, 0.3) is 11.1 Å². The molecular weight excluding hydrogens is 460 g/mol. The minimum Gasteiger partial charge on any atom is -0.423 e. The molecule has 3 aromatic rings. The van der Waals surface area contributed by atoms with Gasteiger partial charge >= 0.3 is 0 Å². The van der Waals surface area contributed by atoms with Crippen molar-refractivity contribution in [1.82, 2.24) is 14.8 Å². The van der Waals surface area contributed by atoms with Gasteiger partial charge in [0.25, 0.3) is 6.01 Å².